The number of amides is 1. The Labute approximate surface area is 81.1 Å². The molecule has 0 unspecified atom stereocenters. The second-order valence-electron chi connectivity index (χ2n) is 3.12. The molecular weight excluding hydrogens is 188 g/mol. The van der Waals surface area contributed by atoms with Crippen LogP contribution in [0.3, 0.4) is 0 Å². The van der Waals surface area contributed by atoms with Crippen LogP contribution in [0.5, 0.6) is 0 Å². The number of carbonyl (C=O) groups excluding carboxylic acids is 1. The number of carbonyl (C=O) groups is 1. The van der Waals surface area contributed by atoms with Crippen LogP contribution in [-0.2, 0) is 4.74 Å². The van der Waals surface area contributed by atoms with Crippen LogP contribution in [-0.4, -0.2) is 30.2 Å². The zero-order valence-electron chi connectivity index (χ0n) is 7.64. The van der Waals surface area contributed by atoms with E-state index in [1.54, 1.807) is 0 Å². The third kappa shape index (κ3) is 3.04. The van der Waals surface area contributed by atoms with Gasteiger partial charge in [-0.1, -0.05) is 12.7 Å². The number of alkyl carbamates (subject to hydrolysis) is 1. The van der Waals surface area contributed by atoms with Crippen LogP contribution < -0.4 is 5.32 Å². The smallest absolute Gasteiger partial charge is 0.407 e. The summed E-state index contributed by atoms with van der Waals surface area (Å²) in [5.74, 6) is -0.0405. The monoisotopic (exact) mass is 200 g/mol. The first-order chi connectivity index (χ1) is 6.65. The van der Waals surface area contributed by atoms with Gasteiger partial charge in [-0.05, 0) is 0 Å². The molecule has 1 N–H and O–H groups in total. The van der Waals surface area contributed by atoms with Gasteiger partial charge < -0.3 is 10.1 Å². The molecule has 0 spiro atoms. The average Bonchev–Trinajstić information content (AvgIpc) is 2.90. The fourth-order valence-corrected chi connectivity index (χ4v) is 1.11. The van der Waals surface area contributed by atoms with Crippen LogP contribution >= 0.6 is 0 Å². The summed E-state index contributed by atoms with van der Waals surface area (Å²) in [6.07, 6.45) is 1.43. The minimum Gasteiger partial charge on any atom is -0.445 e. The van der Waals surface area contributed by atoms with E-state index in [1.165, 1.54) is 6.08 Å². The molecule has 1 aliphatic carbocycles. The number of ether oxygens (including phenoxy) is 1. The Kier molecular flexibility index (Phi) is 3.44. The van der Waals surface area contributed by atoms with E-state index in [1.807, 2.05) is 0 Å². The number of hydrogen-bond acceptors (Lipinski definition) is 4. The molecule has 0 radical (unpaired) electrons. The van der Waals surface area contributed by atoms with Crippen molar-refractivity contribution in [1.29, 1.82) is 0 Å². The first kappa shape index (κ1) is 10.5. The number of hydrogen-bond donors (Lipinski definition) is 1. The Bertz CT molecular complexity index is 254. The normalized spacial score (nSPS) is 23.7. The number of nitro groups is 1. The standard InChI is InChI=1S/C8H12N2O4/c1-2-3-14-8(11)9-5-6-4-7(6)10(12)13/h2,6-7H,1,3-5H2,(H,9,11)/t6-,7+/m0/s1. The lowest BCUT2D eigenvalue weighted by atomic mass is 10.4. The van der Waals surface area contributed by atoms with Crippen molar-refractivity contribution in [2.24, 2.45) is 5.92 Å². The largest absolute Gasteiger partial charge is 0.445 e. The Hall–Kier alpha value is -1.59. The van der Waals surface area contributed by atoms with Gasteiger partial charge in [0.25, 0.3) is 0 Å². The predicted molar refractivity (Wildman–Crippen MR) is 48.4 cm³/mol. The average molecular weight is 200 g/mol. The minimum absolute atomic E-state index is 0.0405. The van der Waals surface area contributed by atoms with Crippen LogP contribution in [0.25, 0.3) is 0 Å². The topological polar surface area (TPSA) is 81.5 Å². The highest BCUT2D eigenvalue weighted by Crippen LogP contribution is 2.31. The third-order valence-electron chi connectivity index (χ3n) is 2.00. The van der Waals surface area contributed by atoms with Gasteiger partial charge in [-0.15, -0.1) is 0 Å². The molecule has 0 aromatic rings. The van der Waals surface area contributed by atoms with Crippen LogP contribution in [0.15, 0.2) is 12.7 Å². The number of nitrogens with one attached hydrogen (secondary N) is 1. The summed E-state index contributed by atoms with van der Waals surface area (Å²) in [5.41, 5.74) is 0. The maximum absolute atomic E-state index is 10.9. The number of nitrogens with zero attached hydrogens (tertiary/aromatic N) is 1. The zero-order valence-corrected chi connectivity index (χ0v) is 7.64. The molecule has 14 heavy (non-hydrogen) atoms. The van der Waals surface area contributed by atoms with Gasteiger partial charge in [-0.25, -0.2) is 4.79 Å². The van der Waals surface area contributed by atoms with Crippen LogP contribution in [0.2, 0.25) is 0 Å². The van der Waals surface area contributed by atoms with E-state index in [4.69, 9.17) is 0 Å². The van der Waals surface area contributed by atoms with Gasteiger partial charge >= 0.3 is 6.09 Å². The quantitative estimate of drug-likeness (QED) is 0.399. The molecule has 0 heterocycles. The van der Waals surface area contributed by atoms with Crippen molar-refractivity contribution in [3.63, 3.8) is 0 Å². The summed E-state index contributed by atoms with van der Waals surface area (Å²) in [4.78, 5) is 20.8. The van der Waals surface area contributed by atoms with E-state index in [0.29, 0.717) is 13.0 Å². The Balaban J connectivity index is 2.07. The molecule has 1 saturated carbocycles. The molecule has 78 valence electrons. The van der Waals surface area contributed by atoms with E-state index in [-0.39, 0.29) is 17.4 Å². The van der Waals surface area contributed by atoms with Gasteiger partial charge in [-0.3, -0.25) is 10.1 Å². The van der Waals surface area contributed by atoms with E-state index in [2.05, 4.69) is 16.6 Å². The lowest BCUT2D eigenvalue weighted by molar-refractivity contribution is -0.498. The van der Waals surface area contributed by atoms with Crippen molar-refractivity contribution in [2.45, 2.75) is 12.5 Å². The molecular formula is C8H12N2O4. The second-order valence-corrected chi connectivity index (χ2v) is 3.12. The molecule has 6 heteroatoms. The number of rotatable bonds is 5. The minimum atomic E-state index is -0.557. The maximum Gasteiger partial charge on any atom is 0.407 e. The second kappa shape index (κ2) is 4.59. The van der Waals surface area contributed by atoms with E-state index < -0.39 is 12.1 Å². The lowest BCUT2D eigenvalue weighted by Gasteiger charge is -2.02. The first-order valence-corrected chi connectivity index (χ1v) is 4.30. The van der Waals surface area contributed by atoms with Gasteiger partial charge in [-0.2, -0.15) is 0 Å². The van der Waals surface area contributed by atoms with Crippen LogP contribution in [0.4, 0.5) is 4.79 Å². The van der Waals surface area contributed by atoms with Crippen molar-refractivity contribution in [2.75, 3.05) is 13.2 Å². The summed E-state index contributed by atoms with van der Waals surface area (Å²) in [5, 5.41) is 12.7. The Morgan fingerprint density at radius 3 is 3.00 bits per heavy atom. The summed E-state index contributed by atoms with van der Waals surface area (Å²) in [7, 11) is 0. The van der Waals surface area contributed by atoms with Crippen molar-refractivity contribution in [3.8, 4) is 0 Å². The Morgan fingerprint density at radius 1 is 1.79 bits per heavy atom. The maximum atomic E-state index is 10.9. The zero-order chi connectivity index (χ0) is 10.6. The van der Waals surface area contributed by atoms with Crippen molar-refractivity contribution < 1.29 is 14.5 Å². The first-order valence-electron chi connectivity index (χ1n) is 4.30. The molecule has 1 rings (SSSR count). The fourth-order valence-electron chi connectivity index (χ4n) is 1.11. The summed E-state index contributed by atoms with van der Waals surface area (Å²) in [6, 6.07) is -0.491. The summed E-state index contributed by atoms with van der Waals surface area (Å²) >= 11 is 0. The van der Waals surface area contributed by atoms with Crippen LogP contribution in [0.1, 0.15) is 6.42 Å². The molecule has 0 saturated heterocycles. The molecule has 0 aliphatic heterocycles. The summed E-state index contributed by atoms with van der Waals surface area (Å²) < 4.78 is 4.63. The van der Waals surface area contributed by atoms with Gasteiger partial charge in [0.05, 0.1) is 5.92 Å². The molecule has 1 fully saturated rings. The molecule has 0 aromatic heterocycles. The lowest BCUT2D eigenvalue weighted by Crippen LogP contribution is -2.27. The van der Waals surface area contributed by atoms with Crippen LogP contribution in [0, 0.1) is 16.0 Å². The van der Waals surface area contributed by atoms with E-state index >= 15 is 0 Å². The van der Waals surface area contributed by atoms with E-state index in [0.717, 1.165) is 0 Å². The highest BCUT2D eigenvalue weighted by atomic mass is 16.6. The highest BCUT2D eigenvalue weighted by Gasteiger charge is 2.48. The molecule has 6 nitrogen and oxygen atoms in total. The molecule has 1 aliphatic rings. The molecule has 2 atom stereocenters. The van der Waals surface area contributed by atoms with Gasteiger partial charge in [0.1, 0.15) is 6.61 Å². The van der Waals surface area contributed by atoms with Crippen molar-refractivity contribution in [3.05, 3.63) is 22.8 Å². The van der Waals surface area contributed by atoms with E-state index in [9.17, 15) is 14.9 Å². The van der Waals surface area contributed by atoms with Crippen molar-refractivity contribution >= 4 is 6.09 Å². The third-order valence-corrected chi connectivity index (χ3v) is 2.00. The molecule has 1 amide bonds. The van der Waals surface area contributed by atoms with Crippen molar-refractivity contribution in [1.82, 2.24) is 5.32 Å². The predicted octanol–water partition coefficient (Wildman–Crippen LogP) is 0.564. The SMILES string of the molecule is C=CCOC(=O)NC[C@@H]1C[C@H]1[N+](=O)[O-]. The summed E-state index contributed by atoms with van der Waals surface area (Å²) in [6.45, 7) is 3.84. The van der Waals surface area contributed by atoms with Gasteiger partial charge in [0.2, 0.25) is 6.04 Å². The van der Waals surface area contributed by atoms with Gasteiger partial charge in [0.15, 0.2) is 0 Å². The van der Waals surface area contributed by atoms with Gasteiger partial charge in [0, 0.05) is 17.9 Å². The fraction of sp³-hybridized carbons (Fsp3) is 0.625. The highest BCUT2D eigenvalue weighted by molar-refractivity contribution is 5.67. The molecule has 0 aromatic carbocycles. The Morgan fingerprint density at radius 2 is 2.50 bits per heavy atom. The molecule has 0 bridgehead atoms.